The Morgan fingerprint density at radius 1 is 1.15 bits per heavy atom. The number of rotatable bonds is 4. The van der Waals surface area contributed by atoms with E-state index in [2.05, 4.69) is 25.0 Å². The molecule has 1 fully saturated rings. The average molecular weight is 362 g/mol. The number of hydrogen-bond donors (Lipinski definition) is 1. The van der Waals surface area contributed by atoms with Crippen LogP contribution in [0.5, 0.6) is 0 Å². The van der Waals surface area contributed by atoms with Gasteiger partial charge in [0.25, 0.3) is 0 Å². The highest BCUT2D eigenvalue weighted by atomic mass is 16.5. The van der Waals surface area contributed by atoms with Crippen LogP contribution in [0.3, 0.4) is 0 Å². The van der Waals surface area contributed by atoms with Gasteiger partial charge in [-0.25, -0.2) is 4.98 Å². The molecule has 0 radical (unpaired) electrons. The van der Waals surface area contributed by atoms with Crippen LogP contribution in [0.4, 0.5) is 0 Å². The molecule has 1 atom stereocenters. The Hall–Kier alpha value is -3.10. The van der Waals surface area contributed by atoms with E-state index in [0.29, 0.717) is 24.9 Å². The fraction of sp³-hybridized carbons (Fsp3) is 0.263. The lowest BCUT2D eigenvalue weighted by molar-refractivity contribution is 0.0180. The van der Waals surface area contributed by atoms with E-state index in [1.54, 1.807) is 12.5 Å². The zero-order valence-corrected chi connectivity index (χ0v) is 14.6. The van der Waals surface area contributed by atoms with Crippen molar-refractivity contribution in [2.45, 2.75) is 6.04 Å². The maximum atomic E-state index is 5.69. The molecule has 8 heteroatoms. The van der Waals surface area contributed by atoms with Gasteiger partial charge in [-0.05, 0) is 29.8 Å². The van der Waals surface area contributed by atoms with Crippen molar-refractivity contribution in [1.29, 1.82) is 0 Å². The van der Waals surface area contributed by atoms with Gasteiger partial charge in [-0.2, -0.15) is 4.98 Å². The number of morpholine rings is 1. The number of aromatic nitrogens is 5. The maximum absolute atomic E-state index is 5.69. The number of ether oxygens (including phenoxy) is 1. The number of benzene rings is 1. The molecule has 0 saturated carbocycles. The van der Waals surface area contributed by atoms with Crippen molar-refractivity contribution in [3.8, 4) is 11.4 Å². The quantitative estimate of drug-likeness (QED) is 0.596. The molecule has 0 unspecified atom stereocenters. The molecule has 1 aromatic carbocycles. The van der Waals surface area contributed by atoms with E-state index in [9.17, 15) is 0 Å². The first-order chi connectivity index (χ1) is 13.4. The Bertz CT molecular complexity index is 1040. The molecular weight excluding hydrogens is 344 g/mol. The fourth-order valence-electron chi connectivity index (χ4n) is 3.42. The lowest BCUT2D eigenvalue weighted by Crippen LogP contribution is -2.39. The van der Waals surface area contributed by atoms with Crippen molar-refractivity contribution in [3.05, 3.63) is 60.5 Å². The molecule has 0 aliphatic carbocycles. The molecule has 0 spiro atoms. The van der Waals surface area contributed by atoms with E-state index in [1.807, 2.05) is 36.5 Å². The summed E-state index contributed by atoms with van der Waals surface area (Å²) in [6, 6.07) is 9.69. The smallest absolute Gasteiger partial charge is 0.248 e. The molecule has 0 bridgehead atoms. The van der Waals surface area contributed by atoms with Gasteiger partial charge in [0, 0.05) is 31.0 Å². The monoisotopic (exact) mass is 362 g/mol. The molecular formula is C19H18N6O2. The van der Waals surface area contributed by atoms with Gasteiger partial charge in [0.15, 0.2) is 0 Å². The van der Waals surface area contributed by atoms with Crippen molar-refractivity contribution in [1.82, 2.24) is 30.0 Å². The molecule has 1 aliphatic heterocycles. The number of nitrogens with one attached hydrogen (secondary N) is 1. The van der Waals surface area contributed by atoms with Crippen molar-refractivity contribution in [3.63, 3.8) is 0 Å². The van der Waals surface area contributed by atoms with Crippen LogP contribution in [-0.2, 0) is 4.74 Å². The highest BCUT2D eigenvalue weighted by Crippen LogP contribution is 2.29. The van der Waals surface area contributed by atoms with E-state index >= 15 is 0 Å². The lowest BCUT2D eigenvalue weighted by atomic mass is 10.1. The Morgan fingerprint density at radius 2 is 2.07 bits per heavy atom. The molecule has 1 N–H and O–H groups in total. The van der Waals surface area contributed by atoms with Gasteiger partial charge in [-0.3, -0.25) is 9.88 Å². The van der Waals surface area contributed by atoms with Crippen LogP contribution >= 0.6 is 0 Å². The van der Waals surface area contributed by atoms with Crippen molar-refractivity contribution in [2.75, 3.05) is 26.3 Å². The topological polar surface area (TPSA) is 93.0 Å². The Morgan fingerprint density at radius 3 is 2.93 bits per heavy atom. The molecule has 1 saturated heterocycles. The standard InChI is InChI=1S/C19H18N6O2/c1-2-14(11-20-5-1)17(25-6-8-26-9-7-25)19-23-18(24-27-19)13-3-4-15-16(10-13)22-12-21-15/h1-5,10-12,17H,6-9H2,(H,21,22)/t17-/m0/s1. The molecule has 0 amide bonds. The first-order valence-corrected chi connectivity index (χ1v) is 8.87. The van der Waals surface area contributed by atoms with Gasteiger partial charge >= 0.3 is 0 Å². The third-order valence-electron chi connectivity index (χ3n) is 4.77. The number of pyridine rings is 1. The fourth-order valence-corrected chi connectivity index (χ4v) is 3.42. The van der Waals surface area contributed by atoms with Crippen LogP contribution in [0, 0.1) is 0 Å². The third kappa shape index (κ3) is 3.09. The second-order valence-electron chi connectivity index (χ2n) is 6.43. The molecule has 136 valence electrons. The first kappa shape index (κ1) is 16.1. The van der Waals surface area contributed by atoms with Crippen LogP contribution in [0.1, 0.15) is 17.5 Å². The van der Waals surface area contributed by atoms with E-state index < -0.39 is 0 Å². The lowest BCUT2D eigenvalue weighted by Gasteiger charge is -2.32. The predicted molar refractivity (Wildman–Crippen MR) is 97.9 cm³/mol. The highest BCUT2D eigenvalue weighted by Gasteiger charge is 2.29. The minimum Gasteiger partial charge on any atom is -0.379 e. The number of nitrogens with zero attached hydrogens (tertiary/aromatic N) is 5. The van der Waals surface area contributed by atoms with Gasteiger partial charge in [0.05, 0.1) is 30.6 Å². The first-order valence-electron chi connectivity index (χ1n) is 8.87. The number of fused-ring (bicyclic) bond motifs is 1. The van der Waals surface area contributed by atoms with Gasteiger partial charge in [-0.1, -0.05) is 11.2 Å². The Balaban J connectivity index is 1.52. The van der Waals surface area contributed by atoms with Crippen LogP contribution < -0.4 is 0 Å². The summed E-state index contributed by atoms with van der Waals surface area (Å²) in [7, 11) is 0. The van der Waals surface area contributed by atoms with E-state index in [4.69, 9.17) is 14.2 Å². The molecule has 3 aromatic heterocycles. The summed E-state index contributed by atoms with van der Waals surface area (Å²) in [6.07, 6.45) is 5.28. The van der Waals surface area contributed by atoms with E-state index in [1.165, 1.54) is 0 Å². The SMILES string of the molecule is c1cncc([C@@H](c2nc(-c3ccc4nc[nH]c4c3)no2)N2CCOCC2)c1. The summed E-state index contributed by atoms with van der Waals surface area (Å²) in [5.41, 5.74) is 3.76. The minimum absolute atomic E-state index is 0.139. The van der Waals surface area contributed by atoms with Crippen LogP contribution in [0.2, 0.25) is 0 Å². The summed E-state index contributed by atoms with van der Waals surface area (Å²) in [6.45, 7) is 2.98. The van der Waals surface area contributed by atoms with Crippen LogP contribution in [0.15, 0.2) is 53.6 Å². The summed E-state index contributed by atoms with van der Waals surface area (Å²) in [5.74, 6) is 1.12. The maximum Gasteiger partial charge on any atom is 0.248 e. The number of aromatic amines is 1. The minimum atomic E-state index is -0.139. The predicted octanol–water partition coefficient (Wildman–Crippen LogP) is 2.43. The van der Waals surface area contributed by atoms with Gasteiger partial charge < -0.3 is 14.2 Å². The molecule has 4 heterocycles. The van der Waals surface area contributed by atoms with Crippen molar-refractivity contribution in [2.24, 2.45) is 0 Å². The second kappa shape index (κ2) is 6.90. The third-order valence-corrected chi connectivity index (χ3v) is 4.77. The molecule has 5 rings (SSSR count). The normalized spacial score (nSPS) is 16.6. The average Bonchev–Trinajstić information content (AvgIpc) is 3.39. The van der Waals surface area contributed by atoms with Crippen molar-refractivity contribution >= 4 is 11.0 Å². The second-order valence-corrected chi connectivity index (χ2v) is 6.43. The van der Waals surface area contributed by atoms with Crippen LogP contribution in [-0.4, -0.2) is 56.3 Å². The molecule has 4 aromatic rings. The number of hydrogen-bond acceptors (Lipinski definition) is 7. The number of H-pyrrole nitrogens is 1. The van der Waals surface area contributed by atoms with Crippen molar-refractivity contribution < 1.29 is 9.26 Å². The summed E-state index contributed by atoms with van der Waals surface area (Å²) < 4.78 is 11.2. The summed E-state index contributed by atoms with van der Waals surface area (Å²) >= 11 is 0. The van der Waals surface area contributed by atoms with E-state index in [0.717, 1.165) is 35.2 Å². The largest absolute Gasteiger partial charge is 0.379 e. The van der Waals surface area contributed by atoms with E-state index in [-0.39, 0.29) is 6.04 Å². The van der Waals surface area contributed by atoms with Gasteiger partial charge in [0.2, 0.25) is 11.7 Å². The molecule has 8 nitrogen and oxygen atoms in total. The zero-order valence-electron chi connectivity index (χ0n) is 14.6. The Kier molecular flexibility index (Phi) is 4.11. The van der Waals surface area contributed by atoms with Gasteiger partial charge in [-0.15, -0.1) is 0 Å². The number of imidazole rings is 1. The summed E-state index contributed by atoms with van der Waals surface area (Å²) in [4.78, 5) is 18.6. The molecule has 27 heavy (non-hydrogen) atoms. The van der Waals surface area contributed by atoms with Gasteiger partial charge in [0.1, 0.15) is 6.04 Å². The summed E-state index contributed by atoms with van der Waals surface area (Å²) in [5, 5.41) is 4.22. The highest BCUT2D eigenvalue weighted by molar-refractivity contribution is 5.79. The molecule has 1 aliphatic rings. The zero-order chi connectivity index (χ0) is 18.1. The Labute approximate surface area is 155 Å². The van der Waals surface area contributed by atoms with Crippen LogP contribution in [0.25, 0.3) is 22.4 Å².